The van der Waals surface area contributed by atoms with Crippen molar-refractivity contribution in [1.82, 2.24) is 0 Å². The van der Waals surface area contributed by atoms with Gasteiger partial charge in [0.15, 0.2) is 0 Å². The van der Waals surface area contributed by atoms with Crippen molar-refractivity contribution in [3.8, 4) is 0 Å². The minimum Gasteiger partial charge on any atom is -0.213 e. The molecule has 0 heterocycles. The third kappa shape index (κ3) is 5.91. The molecule has 0 spiro atoms. The summed E-state index contributed by atoms with van der Waals surface area (Å²) in [7, 11) is 0. The minimum atomic E-state index is 0. The predicted octanol–water partition coefficient (Wildman–Crippen LogP) is 5.06. The molecule has 1 heteroatoms. The molecule has 0 aliphatic heterocycles. The average molecular weight is 269 g/mol. The first-order valence-electron chi connectivity index (χ1n) is 6.04. The fraction of sp³-hybridized carbons (Fsp3) is 0.375. The predicted molar refractivity (Wildman–Crippen MR) is 72.2 cm³/mol. The number of hydrogen-bond donors (Lipinski definition) is 0. The molecule has 0 aliphatic carbocycles. The van der Waals surface area contributed by atoms with Crippen molar-refractivity contribution in [2.45, 2.75) is 39.5 Å². The first-order valence-corrected chi connectivity index (χ1v) is 6.04. The molecule has 0 saturated heterocycles. The van der Waals surface area contributed by atoms with Gasteiger partial charge in [0.05, 0.1) is 0 Å². The number of rotatable bonds is 2. The molecule has 0 bridgehead atoms. The Morgan fingerprint density at radius 1 is 0.765 bits per heavy atom. The van der Waals surface area contributed by atoms with E-state index in [0.717, 1.165) is 0 Å². The van der Waals surface area contributed by atoms with Crippen molar-refractivity contribution in [2.75, 3.05) is 0 Å². The Kier molecular flexibility index (Phi) is 7.95. The van der Waals surface area contributed by atoms with Crippen molar-refractivity contribution < 1.29 is 17.1 Å². The molecule has 0 atom stereocenters. The molecule has 17 heavy (non-hydrogen) atoms. The standard InChI is InChI=1S/2C8H11.Mn/c2*1-7(2)8-5-3-4-6-8;/h2*3-7H,1-2H3;/q2*-1;+2. The Balaban J connectivity index is 0.000000284. The zero-order chi connectivity index (χ0) is 12.0. The molecule has 0 saturated carbocycles. The second kappa shape index (κ2) is 8.33. The summed E-state index contributed by atoms with van der Waals surface area (Å²) in [5.74, 6) is 1.37. The maximum absolute atomic E-state index is 2.20. The van der Waals surface area contributed by atoms with Crippen LogP contribution in [0.1, 0.15) is 50.7 Å². The maximum atomic E-state index is 2.20. The van der Waals surface area contributed by atoms with Crippen LogP contribution in [0.2, 0.25) is 0 Å². The molecular weight excluding hydrogens is 247 g/mol. The third-order valence-corrected chi connectivity index (χ3v) is 2.71. The molecule has 0 aromatic heterocycles. The summed E-state index contributed by atoms with van der Waals surface area (Å²) in [6.07, 6.45) is 0. The van der Waals surface area contributed by atoms with Gasteiger partial charge in [-0.2, -0.15) is 35.4 Å². The van der Waals surface area contributed by atoms with Gasteiger partial charge in [-0.25, -0.2) is 24.3 Å². The maximum Gasteiger partial charge on any atom is 2.00 e. The van der Waals surface area contributed by atoms with Crippen LogP contribution in [0.25, 0.3) is 0 Å². The summed E-state index contributed by atoms with van der Waals surface area (Å²) in [6, 6.07) is 16.9. The molecule has 0 fully saturated rings. The van der Waals surface area contributed by atoms with Crippen LogP contribution in [0, 0.1) is 0 Å². The van der Waals surface area contributed by atoms with Gasteiger partial charge in [-0.15, -0.1) is 0 Å². The van der Waals surface area contributed by atoms with Crippen molar-refractivity contribution in [3.63, 3.8) is 0 Å². The van der Waals surface area contributed by atoms with Crippen molar-refractivity contribution in [2.24, 2.45) is 0 Å². The third-order valence-electron chi connectivity index (χ3n) is 2.71. The molecule has 93 valence electrons. The molecule has 0 N–H and O–H groups in total. The van der Waals surface area contributed by atoms with Crippen LogP contribution in [-0.2, 0) is 17.1 Å². The van der Waals surface area contributed by atoms with E-state index >= 15 is 0 Å². The van der Waals surface area contributed by atoms with Crippen molar-refractivity contribution in [1.29, 1.82) is 0 Å². The zero-order valence-corrected chi connectivity index (χ0v) is 12.3. The normalized spacial score (nSPS) is 9.76. The van der Waals surface area contributed by atoms with Crippen LogP contribution in [0.15, 0.2) is 48.5 Å². The van der Waals surface area contributed by atoms with E-state index in [4.69, 9.17) is 0 Å². The molecule has 2 rings (SSSR count). The SMILES string of the molecule is CC(C)c1ccc[cH-]1.CC(C)c1ccc[cH-]1.[Mn+2]. The average Bonchev–Trinajstić information content (AvgIpc) is 2.93. The second-order valence-corrected chi connectivity index (χ2v) is 4.75. The summed E-state index contributed by atoms with van der Waals surface area (Å²) >= 11 is 0. The van der Waals surface area contributed by atoms with Crippen LogP contribution in [0.4, 0.5) is 0 Å². The molecule has 0 amide bonds. The molecular formula is C16H22Mn. The van der Waals surface area contributed by atoms with Crippen LogP contribution in [0.5, 0.6) is 0 Å². The van der Waals surface area contributed by atoms with Crippen LogP contribution < -0.4 is 0 Å². The van der Waals surface area contributed by atoms with E-state index in [0.29, 0.717) is 11.8 Å². The van der Waals surface area contributed by atoms with Crippen LogP contribution in [0.3, 0.4) is 0 Å². The van der Waals surface area contributed by atoms with Crippen LogP contribution in [-0.4, -0.2) is 0 Å². The fourth-order valence-corrected chi connectivity index (χ4v) is 1.55. The van der Waals surface area contributed by atoms with Gasteiger partial charge in [-0.3, -0.25) is 0 Å². The fourth-order valence-electron chi connectivity index (χ4n) is 1.55. The van der Waals surface area contributed by atoms with Gasteiger partial charge in [-0.1, -0.05) is 27.7 Å². The van der Waals surface area contributed by atoms with Gasteiger partial charge in [0, 0.05) is 0 Å². The van der Waals surface area contributed by atoms with Gasteiger partial charge in [0.2, 0.25) is 0 Å². The molecule has 2 aromatic rings. The van der Waals surface area contributed by atoms with E-state index in [1.165, 1.54) is 11.1 Å². The van der Waals surface area contributed by atoms with E-state index in [-0.39, 0.29) is 17.1 Å². The van der Waals surface area contributed by atoms with Gasteiger partial charge in [-0.05, 0) is 11.8 Å². The Morgan fingerprint density at radius 3 is 1.24 bits per heavy atom. The van der Waals surface area contributed by atoms with E-state index in [1.54, 1.807) is 0 Å². The van der Waals surface area contributed by atoms with Gasteiger partial charge >= 0.3 is 17.1 Å². The quantitative estimate of drug-likeness (QED) is 0.528. The second-order valence-electron chi connectivity index (χ2n) is 4.75. The molecule has 0 aliphatic rings. The monoisotopic (exact) mass is 269 g/mol. The van der Waals surface area contributed by atoms with Crippen LogP contribution >= 0.6 is 0 Å². The van der Waals surface area contributed by atoms with Gasteiger partial charge in [0.1, 0.15) is 0 Å². The van der Waals surface area contributed by atoms with E-state index in [9.17, 15) is 0 Å². The first kappa shape index (κ1) is 16.2. The molecule has 2 aromatic carbocycles. The van der Waals surface area contributed by atoms with Crippen molar-refractivity contribution >= 4 is 0 Å². The van der Waals surface area contributed by atoms with E-state index < -0.39 is 0 Å². The summed E-state index contributed by atoms with van der Waals surface area (Å²) in [4.78, 5) is 0. The molecule has 0 nitrogen and oxygen atoms in total. The van der Waals surface area contributed by atoms with Gasteiger partial charge in [0.25, 0.3) is 0 Å². The largest absolute Gasteiger partial charge is 2.00 e. The first-order chi connectivity index (χ1) is 7.61. The summed E-state index contributed by atoms with van der Waals surface area (Å²) < 4.78 is 0. The zero-order valence-electron chi connectivity index (χ0n) is 11.2. The smallest absolute Gasteiger partial charge is 0.213 e. The molecule has 0 unspecified atom stereocenters. The Bertz CT molecular complexity index is 314. The molecule has 1 radical (unpaired) electrons. The Labute approximate surface area is 116 Å². The summed E-state index contributed by atoms with van der Waals surface area (Å²) in [5.41, 5.74) is 2.87. The van der Waals surface area contributed by atoms with E-state index in [1.807, 2.05) is 0 Å². The van der Waals surface area contributed by atoms with Crippen molar-refractivity contribution in [3.05, 3.63) is 59.7 Å². The summed E-state index contributed by atoms with van der Waals surface area (Å²) in [6.45, 7) is 8.81. The topological polar surface area (TPSA) is 0 Å². The summed E-state index contributed by atoms with van der Waals surface area (Å²) in [5, 5.41) is 0. The minimum absolute atomic E-state index is 0. The number of hydrogen-bond acceptors (Lipinski definition) is 0. The van der Waals surface area contributed by atoms with Gasteiger partial charge < -0.3 is 0 Å². The van der Waals surface area contributed by atoms with E-state index in [2.05, 4.69) is 76.2 Å². The Morgan fingerprint density at radius 2 is 1.12 bits per heavy atom. The Hall–Kier alpha value is -0.781.